The maximum Gasteiger partial charge on any atom is 0.189 e. The minimum Gasteiger partial charge on any atom is -0.452 e. The van der Waals surface area contributed by atoms with Crippen LogP contribution < -0.4 is 10.5 Å². The van der Waals surface area contributed by atoms with E-state index in [-0.39, 0.29) is 5.75 Å². The molecule has 3 nitrogen and oxygen atoms in total. The van der Waals surface area contributed by atoms with Crippen molar-refractivity contribution in [3.63, 3.8) is 0 Å². The van der Waals surface area contributed by atoms with Gasteiger partial charge in [0.05, 0.1) is 0 Å². The van der Waals surface area contributed by atoms with Crippen LogP contribution >= 0.6 is 0 Å². The normalized spacial score (nSPS) is 10.8. The summed E-state index contributed by atoms with van der Waals surface area (Å²) >= 11 is 0. The molecule has 0 saturated heterocycles. The molecule has 0 unspecified atom stereocenters. The van der Waals surface area contributed by atoms with E-state index in [0.717, 1.165) is 12.0 Å². The summed E-state index contributed by atoms with van der Waals surface area (Å²) in [6.45, 7) is 2.03. The van der Waals surface area contributed by atoms with Gasteiger partial charge in [0.15, 0.2) is 11.6 Å². The Bertz CT molecular complexity index is 802. The fourth-order valence-corrected chi connectivity index (χ4v) is 2.31. The van der Waals surface area contributed by atoms with Crippen LogP contribution in [0.15, 0.2) is 48.7 Å². The van der Waals surface area contributed by atoms with Crippen LogP contribution in [-0.2, 0) is 6.42 Å². The zero-order valence-electron chi connectivity index (χ0n) is 11.6. The van der Waals surface area contributed by atoms with E-state index in [1.807, 2.05) is 31.2 Å². The number of benzene rings is 2. The van der Waals surface area contributed by atoms with Gasteiger partial charge < -0.3 is 10.5 Å². The van der Waals surface area contributed by atoms with Crippen molar-refractivity contribution >= 4 is 16.6 Å². The van der Waals surface area contributed by atoms with Crippen LogP contribution in [0.1, 0.15) is 12.5 Å². The lowest BCUT2D eigenvalue weighted by Crippen LogP contribution is -1.97. The summed E-state index contributed by atoms with van der Waals surface area (Å²) in [4.78, 5) is 4.21. The molecule has 0 fully saturated rings. The summed E-state index contributed by atoms with van der Waals surface area (Å²) in [5.41, 5.74) is 7.64. The number of hydrogen-bond donors (Lipinski definition) is 1. The highest BCUT2D eigenvalue weighted by Crippen LogP contribution is 2.35. The predicted octanol–water partition coefficient (Wildman–Crippen LogP) is 4.31. The van der Waals surface area contributed by atoms with Crippen LogP contribution in [0.3, 0.4) is 0 Å². The molecule has 4 heteroatoms. The van der Waals surface area contributed by atoms with Crippen molar-refractivity contribution in [2.24, 2.45) is 0 Å². The Morgan fingerprint density at radius 2 is 2.00 bits per heavy atom. The number of nitrogens with zero attached hydrogens (tertiary/aromatic N) is 1. The number of fused-ring (bicyclic) bond motifs is 1. The second-order valence-electron chi connectivity index (χ2n) is 4.74. The van der Waals surface area contributed by atoms with Crippen LogP contribution in [0.2, 0.25) is 0 Å². The van der Waals surface area contributed by atoms with E-state index in [1.165, 1.54) is 6.07 Å². The van der Waals surface area contributed by atoms with E-state index in [9.17, 15) is 4.39 Å². The van der Waals surface area contributed by atoms with E-state index >= 15 is 0 Å². The molecule has 1 heterocycles. The Kier molecular flexibility index (Phi) is 3.44. The van der Waals surface area contributed by atoms with Crippen molar-refractivity contribution < 1.29 is 9.13 Å². The highest BCUT2D eigenvalue weighted by atomic mass is 19.1. The number of anilines is 1. The molecule has 0 saturated carbocycles. The van der Waals surface area contributed by atoms with Crippen molar-refractivity contribution in [3.8, 4) is 11.5 Å². The van der Waals surface area contributed by atoms with Crippen LogP contribution in [-0.4, -0.2) is 4.98 Å². The summed E-state index contributed by atoms with van der Waals surface area (Å²) in [6.07, 6.45) is 2.40. The average molecular weight is 282 g/mol. The van der Waals surface area contributed by atoms with Gasteiger partial charge in [0.1, 0.15) is 11.3 Å². The second-order valence-corrected chi connectivity index (χ2v) is 4.74. The first-order chi connectivity index (χ1) is 10.2. The van der Waals surface area contributed by atoms with Crippen LogP contribution in [0, 0.1) is 5.82 Å². The topological polar surface area (TPSA) is 48.1 Å². The molecule has 1 aromatic heterocycles. The quantitative estimate of drug-likeness (QED) is 0.728. The number of rotatable bonds is 3. The fraction of sp³-hybridized carbons (Fsp3) is 0.118. The second kappa shape index (κ2) is 5.40. The monoisotopic (exact) mass is 282 g/mol. The molecule has 0 aliphatic heterocycles. The third-order valence-corrected chi connectivity index (χ3v) is 3.40. The standard InChI is InChI=1S/C17H15FN2O/c1-2-11-6-3-4-8-15(11)21-17-13(18)10-14(19)12-7-5-9-20-16(12)17/h3-10H,2,19H2,1H3. The molecule has 0 radical (unpaired) electrons. The van der Waals surface area contributed by atoms with Crippen molar-refractivity contribution in [2.45, 2.75) is 13.3 Å². The summed E-state index contributed by atoms with van der Waals surface area (Å²) in [6, 6.07) is 12.4. The van der Waals surface area contributed by atoms with Gasteiger partial charge in [-0.1, -0.05) is 25.1 Å². The zero-order valence-corrected chi connectivity index (χ0v) is 11.6. The maximum atomic E-state index is 14.3. The first-order valence-corrected chi connectivity index (χ1v) is 6.79. The SMILES string of the molecule is CCc1ccccc1Oc1c(F)cc(N)c2cccnc12. The molecule has 0 aliphatic rings. The molecule has 21 heavy (non-hydrogen) atoms. The number of hydrogen-bond acceptors (Lipinski definition) is 3. The molecule has 3 rings (SSSR count). The number of nitrogens with two attached hydrogens (primary N) is 1. The van der Waals surface area contributed by atoms with Gasteiger partial charge in [-0.15, -0.1) is 0 Å². The smallest absolute Gasteiger partial charge is 0.189 e. The summed E-state index contributed by atoms with van der Waals surface area (Å²) in [7, 11) is 0. The molecule has 0 atom stereocenters. The number of pyridine rings is 1. The van der Waals surface area contributed by atoms with Crippen LogP contribution in [0.5, 0.6) is 11.5 Å². The number of para-hydroxylation sites is 1. The van der Waals surface area contributed by atoms with Gasteiger partial charge in [-0.05, 0) is 30.2 Å². The molecule has 3 aromatic rings. The Labute approximate surface area is 122 Å². The molecule has 0 aliphatic carbocycles. The van der Waals surface area contributed by atoms with E-state index in [1.54, 1.807) is 18.3 Å². The molecular formula is C17H15FN2O. The average Bonchev–Trinajstić information content (AvgIpc) is 2.52. The highest BCUT2D eigenvalue weighted by molar-refractivity contribution is 5.94. The number of halogens is 1. The van der Waals surface area contributed by atoms with Crippen molar-refractivity contribution in [1.29, 1.82) is 0 Å². The lowest BCUT2D eigenvalue weighted by molar-refractivity contribution is 0.443. The highest BCUT2D eigenvalue weighted by Gasteiger charge is 2.15. The first-order valence-electron chi connectivity index (χ1n) is 6.79. The first kappa shape index (κ1) is 13.4. The number of aromatic nitrogens is 1. The molecular weight excluding hydrogens is 267 g/mol. The van der Waals surface area contributed by atoms with Gasteiger partial charge in [0.25, 0.3) is 0 Å². The Hall–Kier alpha value is -2.62. The van der Waals surface area contributed by atoms with Crippen LogP contribution in [0.25, 0.3) is 10.9 Å². The molecule has 0 spiro atoms. The van der Waals surface area contributed by atoms with E-state index in [2.05, 4.69) is 4.98 Å². The van der Waals surface area contributed by atoms with Crippen LogP contribution in [0.4, 0.5) is 10.1 Å². The predicted molar refractivity (Wildman–Crippen MR) is 82.0 cm³/mol. The third kappa shape index (κ3) is 2.40. The van der Waals surface area contributed by atoms with E-state index in [0.29, 0.717) is 22.3 Å². The van der Waals surface area contributed by atoms with Crippen molar-refractivity contribution in [1.82, 2.24) is 4.98 Å². The minimum atomic E-state index is -0.510. The van der Waals surface area contributed by atoms with Gasteiger partial charge in [0, 0.05) is 23.3 Å². The molecule has 2 N–H and O–H groups in total. The lowest BCUT2D eigenvalue weighted by atomic mass is 10.1. The maximum absolute atomic E-state index is 14.3. The minimum absolute atomic E-state index is 0.112. The van der Waals surface area contributed by atoms with E-state index < -0.39 is 5.82 Å². The Morgan fingerprint density at radius 1 is 1.19 bits per heavy atom. The fourth-order valence-electron chi connectivity index (χ4n) is 2.31. The van der Waals surface area contributed by atoms with Gasteiger partial charge in [-0.3, -0.25) is 4.98 Å². The Morgan fingerprint density at radius 3 is 2.81 bits per heavy atom. The molecule has 0 bridgehead atoms. The summed E-state index contributed by atoms with van der Waals surface area (Å²) < 4.78 is 20.1. The number of nitrogen functional groups attached to an aromatic ring is 1. The lowest BCUT2D eigenvalue weighted by Gasteiger charge is -2.13. The van der Waals surface area contributed by atoms with Gasteiger partial charge in [0.2, 0.25) is 0 Å². The molecule has 106 valence electrons. The van der Waals surface area contributed by atoms with E-state index in [4.69, 9.17) is 10.5 Å². The largest absolute Gasteiger partial charge is 0.452 e. The van der Waals surface area contributed by atoms with Gasteiger partial charge in [-0.2, -0.15) is 0 Å². The Balaban J connectivity index is 2.17. The van der Waals surface area contributed by atoms with Gasteiger partial charge in [-0.25, -0.2) is 4.39 Å². The van der Waals surface area contributed by atoms with Gasteiger partial charge >= 0.3 is 0 Å². The number of aryl methyl sites for hydroxylation is 1. The third-order valence-electron chi connectivity index (χ3n) is 3.40. The molecule has 2 aromatic carbocycles. The molecule has 0 amide bonds. The summed E-state index contributed by atoms with van der Waals surface area (Å²) in [5, 5.41) is 0.683. The summed E-state index contributed by atoms with van der Waals surface area (Å²) in [5.74, 6) is 0.237. The number of ether oxygens (including phenoxy) is 1. The van der Waals surface area contributed by atoms with Crippen molar-refractivity contribution in [3.05, 3.63) is 60.0 Å². The zero-order chi connectivity index (χ0) is 14.8. The van der Waals surface area contributed by atoms with Crippen molar-refractivity contribution in [2.75, 3.05) is 5.73 Å².